The van der Waals surface area contributed by atoms with Crippen LogP contribution in [-0.2, 0) is 15.9 Å². The molecule has 0 aliphatic carbocycles. The van der Waals surface area contributed by atoms with Crippen molar-refractivity contribution in [3.8, 4) is 5.75 Å². The molecule has 1 aliphatic rings. The third-order valence-corrected chi connectivity index (χ3v) is 2.95. The lowest BCUT2D eigenvalue weighted by Gasteiger charge is -2.28. The molecule has 0 radical (unpaired) electrons. The van der Waals surface area contributed by atoms with Crippen molar-refractivity contribution in [1.82, 2.24) is 0 Å². The summed E-state index contributed by atoms with van der Waals surface area (Å²) in [5, 5.41) is 0. The number of benzene rings is 1. The molecule has 2 N–H and O–H groups in total. The molecule has 0 bridgehead atoms. The van der Waals surface area contributed by atoms with Crippen LogP contribution in [0.2, 0.25) is 0 Å². The van der Waals surface area contributed by atoms with Crippen molar-refractivity contribution >= 4 is 0 Å². The largest absolute Gasteiger partial charge is 0.573 e. The van der Waals surface area contributed by atoms with Crippen LogP contribution in [0.5, 0.6) is 5.75 Å². The number of ether oxygens (including phenoxy) is 3. The number of hydrogen-bond donors (Lipinski definition) is 1. The molecule has 0 spiro atoms. The molecule has 0 amide bonds. The van der Waals surface area contributed by atoms with E-state index in [1.807, 2.05) is 0 Å². The fraction of sp³-hybridized carbons (Fsp3) is 0.538. The van der Waals surface area contributed by atoms with Crippen molar-refractivity contribution in [3.63, 3.8) is 0 Å². The van der Waals surface area contributed by atoms with Crippen LogP contribution in [0, 0.1) is 0 Å². The summed E-state index contributed by atoms with van der Waals surface area (Å²) >= 11 is 0. The van der Waals surface area contributed by atoms with Crippen LogP contribution in [-0.4, -0.2) is 38.3 Å². The van der Waals surface area contributed by atoms with Crippen LogP contribution in [0.1, 0.15) is 5.56 Å². The molecule has 2 rings (SSSR count). The number of nitrogens with two attached hydrogens (primary N) is 1. The maximum Gasteiger partial charge on any atom is 0.573 e. The first kappa shape index (κ1) is 15.1. The van der Waals surface area contributed by atoms with E-state index in [0.717, 1.165) is 5.56 Å². The lowest BCUT2D eigenvalue weighted by Crippen LogP contribution is -2.44. The van der Waals surface area contributed by atoms with Crippen LogP contribution in [0.4, 0.5) is 13.2 Å². The van der Waals surface area contributed by atoms with E-state index in [2.05, 4.69) is 4.74 Å². The Kier molecular flexibility index (Phi) is 4.85. The molecule has 1 aromatic carbocycles. The molecule has 1 aliphatic heterocycles. The summed E-state index contributed by atoms with van der Waals surface area (Å²) in [4.78, 5) is 0. The molecule has 2 unspecified atom stereocenters. The molecule has 1 heterocycles. The van der Waals surface area contributed by atoms with Gasteiger partial charge in [-0.25, -0.2) is 0 Å². The Morgan fingerprint density at radius 1 is 1.25 bits per heavy atom. The molecular weight excluding hydrogens is 275 g/mol. The molecule has 112 valence electrons. The van der Waals surface area contributed by atoms with Crippen LogP contribution in [0.25, 0.3) is 0 Å². The fourth-order valence-electron chi connectivity index (χ4n) is 1.98. The Bertz CT molecular complexity index is 416. The minimum absolute atomic E-state index is 0.185. The third-order valence-electron chi connectivity index (χ3n) is 2.95. The second-order valence-corrected chi connectivity index (χ2v) is 4.54. The first-order valence-corrected chi connectivity index (χ1v) is 6.24. The van der Waals surface area contributed by atoms with Crippen LogP contribution in [0.15, 0.2) is 24.3 Å². The quantitative estimate of drug-likeness (QED) is 0.920. The highest BCUT2D eigenvalue weighted by Crippen LogP contribution is 2.23. The van der Waals surface area contributed by atoms with Gasteiger partial charge in [0.15, 0.2) is 0 Å². The predicted octanol–water partition coefficient (Wildman–Crippen LogP) is 1.87. The first-order chi connectivity index (χ1) is 9.44. The van der Waals surface area contributed by atoms with Gasteiger partial charge in [0.1, 0.15) is 5.75 Å². The van der Waals surface area contributed by atoms with Gasteiger partial charge in [-0.15, -0.1) is 13.2 Å². The van der Waals surface area contributed by atoms with Crippen molar-refractivity contribution in [3.05, 3.63) is 29.8 Å². The second-order valence-electron chi connectivity index (χ2n) is 4.54. The van der Waals surface area contributed by atoms with Gasteiger partial charge in [-0.05, 0) is 24.1 Å². The van der Waals surface area contributed by atoms with Crippen LogP contribution < -0.4 is 10.5 Å². The molecule has 1 aromatic rings. The van der Waals surface area contributed by atoms with Gasteiger partial charge in [0.25, 0.3) is 0 Å². The zero-order valence-corrected chi connectivity index (χ0v) is 10.7. The van der Waals surface area contributed by atoms with Crippen molar-refractivity contribution in [2.75, 3.05) is 19.8 Å². The van der Waals surface area contributed by atoms with E-state index in [9.17, 15) is 13.2 Å². The fourth-order valence-corrected chi connectivity index (χ4v) is 1.98. The SMILES string of the molecule is NC(Cc1ccc(OC(F)(F)F)cc1)C1COCCO1. The summed E-state index contributed by atoms with van der Waals surface area (Å²) in [5.74, 6) is -0.243. The monoisotopic (exact) mass is 291 g/mol. The highest BCUT2D eigenvalue weighted by atomic mass is 19.4. The summed E-state index contributed by atoms with van der Waals surface area (Å²) in [5.41, 5.74) is 6.82. The van der Waals surface area contributed by atoms with Gasteiger partial charge in [-0.1, -0.05) is 12.1 Å². The normalized spacial score (nSPS) is 21.5. The number of hydrogen-bond acceptors (Lipinski definition) is 4. The lowest BCUT2D eigenvalue weighted by molar-refractivity contribution is -0.274. The van der Waals surface area contributed by atoms with E-state index in [-0.39, 0.29) is 17.9 Å². The third kappa shape index (κ3) is 4.66. The topological polar surface area (TPSA) is 53.7 Å². The van der Waals surface area contributed by atoms with Crippen molar-refractivity contribution < 1.29 is 27.4 Å². The first-order valence-electron chi connectivity index (χ1n) is 6.24. The average Bonchev–Trinajstić information content (AvgIpc) is 2.40. The molecule has 7 heteroatoms. The van der Waals surface area contributed by atoms with Gasteiger partial charge >= 0.3 is 6.36 Å². The maximum absolute atomic E-state index is 12.0. The Hall–Kier alpha value is -1.31. The van der Waals surface area contributed by atoms with Crippen molar-refractivity contribution in [2.45, 2.75) is 24.9 Å². The number of rotatable bonds is 4. The maximum atomic E-state index is 12.0. The van der Waals surface area contributed by atoms with Crippen LogP contribution >= 0.6 is 0 Å². The van der Waals surface area contributed by atoms with Gasteiger partial charge in [0, 0.05) is 6.04 Å². The minimum atomic E-state index is -4.68. The predicted molar refractivity (Wildman–Crippen MR) is 65.4 cm³/mol. The van der Waals surface area contributed by atoms with Gasteiger partial charge in [0.2, 0.25) is 0 Å². The summed E-state index contributed by atoms with van der Waals surface area (Å²) < 4.78 is 50.6. The van der Waals surface area contributed by atoms with Gasteiger partial charge in [-0.3, -0.25) is 0 Å². The highest BCUT2D eigenvalue weighted by molar-refractivity contribution is 5.28. The van der Waals surface area contributed by atoms with Crippen molar-refractivity contribution in [2.24, 2.45) is 5.73 Å². The summed E-state index contributed by atoms with van der Waals surface area (Å²) in [6.45, 7) is 1.51. The average molecular weight is 291 g/mol. The summed E-state index contributed by atoms with van der Waals surface area (Å²) in [6, 6.07) is 5.40. The Balaban J connectivity index is 1.89. The molecule has 0 aromatic heterocycles. The van der Waals surface area contributed by atoms with Gasteiger partial charge in [0.05, 0.1) is 25.9 Å². The second kappa shape index (κ2) is 6.43. The Labute approximate surface area is 114 Å². The van der Waals surface area contributed by atoms with Gasteiger partial charge < -0.3 is 19.9 Å². The van der Waals surface area contributed by atoms with Gasteiger partial charge in [-0.2, -0.15) is 0 Å². The smallest absolute Gasteiger partial charge is 0.406 e. The Morgan fingerprint density at radius 2 is 1.95 bits per heavy atom. The lowest BCUT2D eigenvalue weighted by atomic mass is 10.0. The molecule has 1 saturated heterocycles. The van der Waals surface area contributed by atoms with Crippen molar-refractivity contribution in [1.29, 1.82) is 0 Å². The molecule has 0 saturated carbocycles. The van der Waals surface area contributed by atoms with E-state index in [4.69, 9.17) is 15.2 Å². The standard InChI is InChI=1S/C13H16F3NO3/c14-13(15,16)20-10-3-1-9(2-4-10)7-11(17)12-8-18-5-6-19-12/h1-4,11-12H,5-8,17H2. The van der Waals surface area contributed by atoms with E-state index in [0.29, 0.717) is 26.2 Å². The minimum Gasteiger partial charge on any atom is -0.406 e. The van der Waals surface area contributed by atoms with E-state index < -0.39 is 6.36 Å². The van der Waals surface area contributed by atoms with Crippen LogP contribution in [0.3, 0.4) is 0 Å². The van der Waals surface area contributed by atoms with E-state index in [1.165, 1.54) is 12.1 Å². The van der Waals surface area contributed by atoms with E-state index >= 15 is 0 Å². The zero-order valence-electron chi connectivity index (χ0n) is 10.7. The summed E-state index contributed by atoms with van der Waals surface area (Å²) in [7, 11) is 0. The molecule has 4 nitrogen and oxygen atoms in total. The summed E-state index contributed by atoms with van der Waals surface area (Å²) in [6.07, 6.45) is -4.36. The number of halogens is 3. The zero-order chi connectivity index (χ0) is 14.6. The molecule has 2 atom stereocenters. The Morgan fingerprint density at radius 3 is 2.50 bits per heavy atom. The van der Waals surface area contributed by atoms with E-state index in [1.54, 1.807) is 12.1 Å². The highest BCUT2D eigenvalue weighted by Gasteiger charge is 2.31. The molecule has 1 fully saturated rings. The number of alkyl halides is 3. The molecule has 20 heavy (non-hydrogen) atoms. The molecular formula is C13H16F3NO3.